The highest BCUT2D eigenvalue weighted by Gasteiger charge is 2.27. The first-order chi connectivity index (χ1) is 15.6. The Morgan fingerprint density at radius 1 is 1.00 bits per heavy atom. The first kappa shape index (κ1) is 21.6. The lowest BCUT2D eigenvalue weighted by Crippen LogP contribution is -2.41. The predicted octanol–water partition coefficient (Wildman–Crippen LogP) is 4.32. The van der Waals surface area contributed by atoms with Crippen molar-refractivity contribution in [1.29, 1.82) is 0 Å². The molecule has 2 aromatic carbocycles. The van der Waals surface area contributed by atoms with Crippen LogP contribution in [0.3, 0.4) is 0 Å². The van der Waals surface area contributed by atoms with E-state index in [-0.39, 0.29) is 11.8 Å². The molecular weight excluding hydrogens is 404 g/mol. The molecule has 3 aromatic rings. The van der Waals surface area contributed by atoms with Crippen molar-refractivity contribution in [2.24, 2.45) is 5.92 Å². The first-order valence-electron chi connectivity index (χ1n) is 10.8. The van der Waals surface area contributed by atoms with Gasteiger partial charge in [-0.05, 0) is 31.9 Å². The summed E-state index contributed by atoms with van der Waals surface area (Å²) >= 11 is 0. The van der Waals surface area contributed by atoms with E-state index in [0.717, 1.165) is 36.5 Å². The Hall–Kier alpha value is -3.61. The molecule has 2 heterocycles. The van der Waals surface area contributed by atoms with Crippen LogP contribution in [0.1, 0.15) is 18.4 Å². The molecule has 0 saturated carbocycles. The number of hydrogen-bond acceptors (Lipinski definition) is 6. The number of nitrogens with one attached hydrogen (secondary N) is 1. The molecule has 0 aliphatic carbocycles. The van der Waals surface area contributed by atoms with Gasteiger partial charge >= 0.3 is 0 Å². The highest BCUT2D eigenvalue weighted by Crippen LogP contribution is 2.28. The van der Waals surface area contributed by atoms with Crippen LogP contribution in [-0.2, 0) is 4.79 Å². The zero-order chi connectivity index (χ0) is 22.5. The van der Waals surface area contributed by atoms with Gasteiger partial charge in [-0.2, -0.15) is 0 Å². The van der Waals surface area contributed by atoms with E-state index in [1.165, 1.54) is 5.56 Å². The molecular formula is C25H28N4O3. The fourth-order valence-electron chi connectivity index (χ4n) is 3.90. The van der Waals surface area contributed by atoms with E-state index in [1.807, 2.05) is 24.3 Å². The number of rotatable bonds is 6. The van der Waals surface area contributed by atoms with Gasteiger partial charge in [-0.3, -0.25) is 4.79 Å². The number of anilines is 2. The van der Waals surface area contributed by atoms with E-state index < -0.39 is 0 Å². The van der Waals surface area contributed by atoms with Gasteiger partial charge in [0.25, 0.3) is 0 Å². The number of carbonyl (C=O) groups is 1. The summed E-state index contributed by atoms with van der Waals surface area (Å²) < 4.78 is 10.6. The fraction of sp³-hybridized carbons (Fsp3) is 0.320. The van der Waals surface area contributed by atoms with Gasteiger partial charge in [0.2, 0.25) is 5.91 Å². The summed E-state index contributed by atoms with van der Waals surface area (Å²) in [4.78, 5) is 15.1. The van der Waals surface area contributed by atoms with Gasteiger partial charge in [-0.1, -0.05) is 29.8 Å². The molecule has 0 radical (unpaired) electrons. The summed E-state index contributed by atoms with van der Waals surface area (Å²) in [5.41, 5.74) is 3.75. The lowest BCUT2D eigenvalue weighted by atomic mass is 9.97. The van der Waals surface area contributed by atoms with Crippen molar-refractivity contribution in [3.8, 4) is 22.8 Å². The molecule has 7 nitrogen and oxygen atoms in total. The minimum absolute atomic E-state index is 0.0192. The molecule has 1 saturated heterocycles. The normalized spacial score (nSPS) is 15.8. The summed E-state index contributed by atoms with van der Waals surface area (Å²) in [5.74, 6) is 1.90. The largest absolute Gasteiger partial charge is 0.497 e. The van der Waals surface area contributed by atoms with Crippen molar-refractivity contribution in [3.05, 3.63) is 60.2 Å². The van der Waals surface area contributed by atoms with Crippen LogP contribution in [0, 0.1) is 12.8 Å². The Kier molecular flexibility index (Phi) is 6.54. The van der Waals surface area contributed by atoms with Crippen LogP contribution in [0.25, 0.3) is 11.3 Å². The number of aryl methyl sites for hydroxylation is 1. The topological polar surface area (TPSA) is 76.6 Å². The average Bonchev–Trinajstić information content (AvgIpc) is 2.84. The number of amides is 1. The van der Waals surface area contributed by atoms with E-state index in [9.17, 15) is 4.79 Å². The number of aromatic nitrogens is 2. The molecule has 7 heteroatoms. The molecule has 1 aliphatic heterocycles. The summed E-state index contributed by atoms with van der Waals surface area (Å²) in [6.45, 7) is 3.52. The predicted molar refractivity (Wildman–Crippen MR) is 125 cm³/mol. The number of carbonyl (C=O) groups excluding carboxylic acids is 1. The quantitative estimate of drug-likeness (QED) is 0.625. The molecule has 32 heavy (non-hydrogen) atoms. The Labute approximate surface area is 188 Å². The molecule has 1 aromatic heterocycles. The second-order valence-corrected chi connectivity index (χ2v) is 8.02. The fourth-order valence-corrected chi connectivity index (χ4v) is 3.90. The van der Waals surface area contributed by atoms with Gasteiger partial charge in [0, 0.05) is 42.5 Å². The van der Waals surface area contributed by atoms with E-state index in [0.29, 0.717) is 23.7 Å². The summed E-state index contributed by atoms with van der Waals surface area (Å²) in [6.07, 6.45) is 1.75. The Morgan fingerprint density at radius 2 is 1.72 bits per heavy atom. The third kappa shape index (κ3) is 4.99. The van der Waals surface area contributed by atoms with Gasteiger partial charge in [0.05, 0.1) is 25.8 Å². The zero-order valence-electron chi connectivity index (χ0n) is 18.7. The molecule has 1 atom stereocenters. The first-order valence-corrected chi connectivity index (χ1v) is 10.8. The maximum Gasteiger partial charge on any atom is 0.229 e. The van der Waals surface area contributed by atoms with Crippen molar-refractivity contribution in [2.45, 2.75) is 19.8 Å². The maximum absolute atomic E-state index is 13.0. The van der Waals surface area contributed by atoms with Gasteiger partial charge in [0.1, 0.15) is 11.5 Å². The standard InChI is InChI=1S/C25H28N4O3/c1-17-6-8-18(9-7-17)23-10-11-24(28-27-23)29-12-4-5-19(16-29)25(30)26-20-13-21(31-2)15-22(14-20)32-3/h6-11,13-15,19H,4-5,12,16H2,1-3H3,(H,26,30)/t19-/m0/s1. The SMILES string of the molecule is COc1cc(NC(=O)[C@H]2CCCN(c3ccc(-c4ccc(C)cc4)nn3)C2)cc(OC)c1. The van der Waals surface area contributed by atoms with E-state index in [1.54, 1.807) is 32.4 Å². The van der Waals surface area contributed by atoms with Gasteiger partial charge in [0.15, 0.2) is 5.82 Å². The number of ether oxygens (including phenoxy) is 2. The third-order valence-corrected chi connectivity index (χ3v) is 5.73. The molecule has 1 N–H and O–H groups in total. The smallest absolute Gasteiger partial charge is 0.229 e. The molecule has 1 amide bonds. The van der Waals surface area contributed by atoms with Crippen LogP contribution in [0.4, 0.5) is 11.5 Å². The molecule has 1 fully saturated rings. The van der Waals surface area contributed by atoms with Crippen LogP contribution in [-0.4, -0.2) is 43.4 Å². The van der Waals surface area contributed by atoms with Gasteiger partial charge in [-0.25, -0.2) is 0 Å². The minimum Gasteiger partial charge on any atom is -0.497 e. The molecule has 166 valence electrons. The second-order valence-electron chi connectivity index (χ2n) is 8.02. The molecule has 0 spiro atoms. The maximum atomic E-state index is 13.0. The number of hydrogen-bond donors (Lipinski definition) is 1. The number of methoxy groups -OCH3 is 2. The van der Waals surface area contributed by atoms with Gasteiger partial charge < -0.3 is 19.7 Å². The summed E-state index contributed by atoms with van der Waals surface area (Å²) in [6, 6.07) is 17.5. The number of benzene rings is 2. The highest BCUT2D eigenvalue weighted by atomic mass is 16.5. The Bertz CT molecular complexity index is 1050. The van der Waals surface area contributed by atoms with Crippen LogP contribution in [0.15, 0.2) is 54.6 Å². The van der Waals surface area contributed by atoms with Crippen molar-refractivity contribution >= 4 is 17.4 Å². The second kappa shape index (κ2) is 9.68. The number of nitrogens with zero attached hydrogens (tertiary/aromatic N) is 3. The molecule has 1 aliphatic rings. The monoisotopic (exact) mass is 432 g/mol. The number of piperidine rings is 1. The zero-order valence-corrected chi connectivity index (χ0v) is 18.7. The van der Waals surface area contributed by atoms with Crippen LogP contribution in [0.5, 0.6) is 11.5 Å². The molecule has 0 bridgehead atoms. The van der Waals surface area contributed by atoms with Crippen molar-refractivity contribution < 1.29 is 14.3 Å². The molecule has 4 rings (SSSR count). The highest BCUT2D eigenvalue weighted by molar-refractivity contribution is 5.93. The van der Waals surface area contributed by atoms with Crippen LogP contribution in [0.2, 0.25) is 0 Å². The van der Waals surface area contributed by atoms with Gasteiger partial charge in [-0.15, -0.1) is 10.2 Å². The molecule has 0 unspecified atom stereocenters. The average molecular weight is 433 g/mol. The van der Waals surface area contributed by atoms with Crippen LogP contribution >= 0.6 is 0 Å². The Morgan fingerprint density at radius 3 is 2.34 bits per heavy atom. The van der Waals surface area contributed by atoms with Crippen molar-refractivity contribution in [2.75, 3.05) is 37.5 Å². The summed E-state index contributed by atoms with van der Waals surface area (Å²) in [7, 11) is 3.18. The lowest BCUT2D eigenvalue weighted by molar-refractivity contribution is -0.120. The van der Waals surface area contributed by atoms with Crippen LogP contribution < -0.4 is 19.7 Å². The van der Waals surface area contributed by atoms with E-state index in [2.05, 4.69) is 39.5 Å². The third-order valence-electron chi connectivity index (χ3n) is 5.73. The van der Waals surface area contributed by atoms with E-state index >= 15 is 0 Å². The summed E-state index contributed by atoms with van der Waals surface area (Å²) in [5, 5.41) is 11.9. The van der Waals surface area contributed by atoms with E-state index in [4.69, 9.17) is 9.47 Å². The van der Waals surface area contributed by atoms with Crippen molar-refractivity contribution in [3.63, 3.8) is 0 Å². The van der Waals surface area contributed by atoms with Crippen molar-refractivity contribution in [1.82, 2.24) is 10.2 Å². The Balaban J connectivity index is 1.43. The lowest BCUT2D eigenvalue weighted by Gasteiger charge is -2.32. The minimum atomic E-state index is -0.139.